The molecule has 84 valence electrons. The van der Waals surface area contributed by atoms with Gasteiger partial charge in [-0.05, 0) is 37.0 Å². The molecule has 0 saturated carbocycles. The molecule has 0 N–H and O–H groups in total. The van der Waals surface area contributed by atoms with Gasteiger partial charge in [-0.2, -0.15) is 0 Å². The highest BCUT2D eigenvalue weighted by atomic mass is 15.4. The first-order chi connectivity index (χ1) is 7.72. The number of aromatic nitrogens is 3. The Kier molecular flexibility index (Phi) is 3.04. The molecule has 3 nitrogen and oxygen atoms in total. The van der Waals surface area contributed by atoms with Gasteiger partial charge in [-0.25, -0.2) is 4.68 Å². The van der Waals surface area contributed by atoms with Gasteiger partial charge < -0.3 is 0 Å². The summed E-state index contributed by atoms with van der Waals surface area (Å²) in [6, 6.07) is 6.88. The van der Waals surface area contributed by atoms with E-state index in [0.29, 0.717) is 6.04 Å². The molecule has 0 aliphatic rings. The third-order valence-corrected chi connectivity index (χ3v) is 3.06. The van der Waals surface area contributed by atoms with E-state index >= 15 is 0 Å². The van der Waals surface area contributed by atoms with Crippen LogP contribution in [0.15, 0.2) is 30.6 Å². The molecule has 0 unspecified atom stereocenters. The van der Waals surface area contributed by atoms with E-state index < -0.39 is 0 Å². The molecule has 3 heteroatoms. The van der Waals surface area contributed by atoms with Crippen molar-refractivity contribution in [2.24, 2.45) is 0 Å². The molecule has 0 spiro atoms. The first-order valence-corrected chi connectivity index (χ1v) is 5.65. The smallest absolute Gasteiger partial charge is 0.0783 e. The summed E-state index contributed by atoms with van der Waals surface area (Å²) in [6.45, 7) is 6.45. The average molecular weight is 215 g/mol. The molecule has 0 aliphatic carbocycles. The van der Waals surface area contributed by atoms with Gasteiger partial charge >= 0.3 is 0 Å². The minimum absolute atomic E-state index is 0.293. The molecule has 2 rings (SSSR count). The number of rotatable bonds is 3. The van der Waals surface area contributed by atoms with Gasteiger partial charge in [-0.3, -0.25) is 0 Å². The number of hydrogen-bond acceptors (Lipinski definition) is 2. The predicted molar refractivity (Wildman–Crippen MR) is 64.4 cm³/mol. The molecular formula is C13H17N3. The molecule has 0 aliphatic heterocycles. The normalized spacial score (nSPS) is 12.7. The van der Waals surface area contributed by atoms with E-state index in [1.165, 1.54) is 16.7 Å². The van der Waals surface area contributed by atoms with E-state index in [9.17, 15) is 0 Å². The highest BCUT2D eigenvalue weighted by Gasteiger charge is 2.12. The monoisotopic (exact) mass is 215 g/mol. The molecule has 1 aromatic heterocycles. The van der Waals surface area contributed by atoms with E-state index in [2.05, 4.69) is 49.3 Å². The van der Waals surface area contributed by atoms with Gasteiger partial charge in [0.25, 0.3) is 0 Å². The van der Waals surface area contributed by atoms with Crippen molar-refractivity contribution in [2.45, 2.75) is 33.2 Å². The van der Waals surface area contributed by atoms with E-state index in [1.807, 2.05) is 10.9 Å². The zero-order chi connectivity index (χ0) is 11.5. The number of benzene rings is 1. The lowest BCUT2D eigenvalue weighted by atomic mass is 10.00. The summed E-state index contributed by atoms with van der Waals surface area (Å²) in [5.41, 5.74) is 3.96. The van der Waals surface area contributed by atoms with Crippen molar-refractivity contribution < 1.29 is 0 Å². The van der Waals surface area contributed by atoms with E-state index in [1.54, 1.807) is 6.20 Å². The summed E-state index contributed by atoms with van der Waals surface area (Å²) in [4.78, 5) is 0. The van der Waals surface area contributed by atoms with Crippen molar-refractivity contribution in [3.8, 4) is 0 Å². The Labute approximate surface area is 96.1 Å². The van der Waals surface area contributed by atoms with Crippen molar-refractivity contribution in [3.05, 3.63) is 47.3 Å². The maximum atomic E-state index is 4.08. The van der Waals surface area contributed by atoms with Crippen LogP contribution in [0.25, 0.3) is 0 Å². The fourth-order valence-corrected chi connectivity index (χ4v) is 1.93. The standard InChI is InChI=1S/C13H17N3/c1-4-13(16-8-7-14-15-16)12-6-5-10(2)11(3)9-12/h5-9,13H,4H2,1-3H3/t13-/m1/s1. The summed E-state index contributed by atoms with van der Waals surface area (Å²) < 4.78 is 1.92. The maximum Gasteiger partial charge on any atom is 0.0783 e. The molecular weight excluding hydrogens is 198 g/mol. The molecule has 1 aromatic carbocycles. The van der Waals surface area contributed by atoms with Gasteiger partial charge in [0.2, 0.25) is 0 Å². The van der Waals surface area contributed by atoms with Gasteiger partial charge in [0.1, 0.15) is 0 Å². The van der Waals surface area contributed by atoms with Gasteiger partial charge in [0.15, 0.2) is 0 Å². The minimum atomic E-state index is 0.293. The third-order valence-electron chi connectivity index (χ3n) is 3.06. The Hall–Kier alpha value is -1.64. The number of nitrogens with zero attached hydrogens (tertiary/aromatic N) is 3. The second-order valence-electron chi connectivity index (χ2n) is 4.15. The zero-order valence-electron chi connectivity index (χ0n) is 10.0. The summed E-state index contributed by atoms with van der Waals surface area (Å²) in [5, 5.41) is 7.95. The highest BCUT2D eigenvalue weighted by Crippen LogP contribution is 2.22. The topological polar surface area (TPSA) is 30.7 Å². The van der Waals surface area contributed by atoms with Crippen LogP contribution in [0.5, 0.6) is 0 Å². The largest absolute Gasteiger partial charge is 0.245 e. The van der Waals surface area contributed by atoms with Crippen LogP contribution in [-0.4, -0.2) is 15.0 Å². The number of hydrogen-bond donors (Lipinski definition) is 0. The molecule has 0 fully saturated rings. The van der Waals surface area contributed by atoms with Crippen LogP contribution in [0.3, 0.4) is 0 Å². The van der Waals surface area contributed by atoms with Gasteiger partial charge in [0, 0.05) is 6.20 Å². The SMILES string of the molecule is CC[C@H](c1ccc(C)c(C)c1)n1ccnn1. The maximum absolute atomic E-state index is 4.08. The Balaban J connectivity index is 2.37. The van der Waals surface area contributed by atoms with Crippen LogP contribution >= 0.6 is 0 Å². The fraction of sp³-hybridized carbons (Fsp3) is 0.385. The van der Waals surface area contributed by atoms with Gasteiger partial charge in [-0.1, -0.05) is 30.3 Å². The zero-order valence-corrected chi connectivity index (χ0v) is 10.0. The second kappa shape index (κ2) is 4.47. The minimum Gasteiger partial charge on any atom is -0.245 e. The molecule has 0 bridgehead atoms. The van der Waals surface area contributed by atoms with Crippen LogP contribution in [0.1, 0.15) is 36.1 Å². The summed E-state index contributed by atoms with van der Waals surface area (Å²) in [7, 11) is 0. The van der Waals surface area contributed by atoms with E-state index in [-0.39, 0.29) is 0 Å². The van der Waals surface area contributed by atoms with Crippen LogP contribution in [0.2, 0.25) is 0 Å². The highest BCUT2D eigenvalue weighted by molar-refractivity contribution is 5.31. The molecule has 2 aromatic rings. The number of aryl methyl sites for hydroxylation is 2. The molecule has 0 saturated heterocycles. The molecule has 0 amide bonds. The fourth-order valence-electron chi connectivity index (χ4n) is 1.93. The van der Waals surface area contributed by atoms with Crippen LogP contribution < -0.4 is 0 Å². The van der Waals surface area contributed by atoms with Crippen LogP contribution in [0.4, 0.5) is 0 Å². The van der Waals surface area contributed by atoms with Gasteiger partial charge in [0.05, 0.1) is 12.2 Å². The quantitative estimate of drug-likeness (QED) is 0.788. The first-order valence-electron chi connectivity index (χ1n) is 5.65. The van der Waals surface area contributed by atoms with Crippen molar-refractivity contribution in [1.29, 1.82) is 0 Å². The lowest BCUT2D eigenvalue weighted by molar-refractivity contribution is 0.493. The van der Waals surface area contributed by atoms with Crippen molar-refractivity contribution in [2.75, 3.05) is 0 Å². The van der Waals surface area contributed by atoms with Gasteiger partial charge in [-0.15, -0.1) is 5.10 Å². The Bertz CT molecular complexity index is 460. The Morgan fingerprint density at radius 2 is 2.06 bits per heavy atom. The summed E-state index contributed by atoms with van der Waals surface area (Å²) in [6.07, 6.45) is 4.67. The van der Waals surface area contributed by atoms with E-state index in [0.717, 1.165) is 6.42 Å². The van der Waals surface area contributed by atoms with Crippen LogP contribution in [0, 0.1) is 13.8 Å². The predicted octanol–water partition coefficient (Wildman–Crippen LogP) is 2.89. The van der Waals surface area contributed by atoms with Crippen molar-refractivity contribution >= 4 is 0 Å². The Morgan fingerprint density at radius 3 is 2.62 bits per heavy atom. The second-order valence-corrected chi connectivity index (χ2v) is 4.15. The molecule has 1 atom stereocenters. The molecule has 0 radical (unpaired) electrons. The first kappa shape index (κ1) is 10.9. The summed E-state index contributed by atoms with van der Waals surface area (Å²) in [5.74, 6) is 0. The molecule has 1 heterocycles. The molecule has 16 heavy (non-hydrogen) atoms. The van der Waals surface area contributed by atoms with E-state index in [4.69, 9.17) is 0 Å². The lowest BCUT2D eigenvalue weighted by Crippen LogP contribution is -2.10. The Morgan fingerprint density at radius 1 is 1.25 bits per heavy atom. The summed E-state index contributed by atoms with van der Waals surface area (Å²) >= 11 is 0. The van der Waals surface area contributed by atoms with Crippen LogP contribution in [-0.2, 0) is 0 Å². The van der Waals surface area contributed by atoms with Crippen molar-refractivity contribution in [3.63, 3.8) is 0 Å². The third kappa shape index (κ3) is 1.98. The lowest BCUT2D eigenvalue weighted by Gasteiger charge is -2.16. The van der Waals surface area contributed by atoms with Crippen molar-refractivity contribution in [1.82, 2.24) is 15.0 Å². The average Bonchev–Trinajstić information content (AvgIpc) is 2.78.